The number of hydrogen-bond donors (Lipinski definition) is 1. The Labute approximate surface area is 257 Å². The summed E-state index contributed by atoms with van der Waals surface area (Å²) in [4.78, 5) is 0. The number of unbranched alkanes of at least 4 members (excludes halogenated alkanes) is 18. The fourth-order valence-electron chi connectivity index (χ4n) is 5.40. The highest BCUT2D eigenvalue weighted by molar-refractivity contribution is 5.05. The van der Waals surface area contributed by atoms with Crippen molar-refractivity contribution < 1.29 is 38.4 Å². The van der Waals surface area contributed by atoms with Crippen molar-refractivity contribution in [2.45, 2.75) is 148 Å². The van der Waals surface area contributed by atoms with E-state index in [-0.39, 0.29) is 24.0 Å². The van der Waals surface area contributed by atoms with Gasteiger partial charge in [-0.15, -0.1) is 0 Å². The van der Waals surface area contributed by atoms with Gasteiger partial charge in [-0.25, -0.2) is 4.57 Å². The molecular weight excluding hydrogens is 595 g/mol. The van der Waals surface area contributed by atoms with E-state index < -0.39 is 0 Å². The lowest BCUT2D eigenvalue weighted by atomic mass is 10.0. The average molecular weight is 653 g/mol. The molecule has 222 valence electrons. The van der Waals surface area contributed by atoms with E-state index in [1.165, 1.54) is 134 Å². The van der Waals surface area contributed by atoms with Gasteiger partial charge in [0.15, 0.2) is 24.8 Å². The van der Waals surface area contributed by atoms with Crippen molar-refractivity contribution in [3.05, 3.63) is 65.4 Å². The third-order valence-corrected chi connectivity index (χ3v) is 7.76. The molecule has 0 bridgehead atoms. The maximum atomic E-state index is 11.3. The Morgan fingerprint density at radius 2 is 0.923 bits per heavy atom. The zero-order valence-corrected chi connectivity index (χ0v) is 26.9. The molecule has 0 aliphatic rings. The molecule has 0 atom stereocenters. The molecule has 0 fully saturated rings. The minimum absolute atomic E-state index is 0. The monoisotopic (exact) mass is 652 g/mol. The maximum Gasteiger partial charge on any atom is 0.183 e. The molecule has 2 aromatic heterocycles. The van der Waals surface area contributed by atoms with Crippen LogP contribution in [0.25, 0.3) is 0 Å². The molecule has 4 nitrogen and oxygen atoms in total. The maximum absolute atomic E-state index is 11.3. The Morgan fingerprint density at radius 3 is 1.41 bits per heavy atom. The van der Waals surface area contributed by atoms with Crippen molar-refractivity contribution in [3.63, 3.8) is 0 Å². The summed E-state index contributed by atoms with van der Waals surface area (Å²) >= 11 is 0. The second-order valence-corrected chi connectivity index (χ2v) is 11.3. The van der Waals surface area contributed by atoms with Crippen LogP contribution in [-0.2, 0) is 19.4 Å². The quantitative estimate of drug-likeness (QED) is 0.0695. The first-order chi connectivity index (χ1) is 18.8. The van der Waals surface area contributed by atoms with E-state index in [2.05, 4.69) is 35.2 Å². The molecule has 2 heterocycles. The summed E-state index contributed by atoms with van der Waals surface area (Å²) in [7, 11) is 0. The van der Waals surface area contributed by atoms with Gasteiger partial charge in [-0.2, -0.15) is 4.73 Å². The van der Waals surface area contributed by atoms with Crippen LogP contribution in [0.3, 0.4) is 0 Å². The van der Waals surface area contributed by atoms with E-state index in [1.807, 2.05) is 6.07 Å². The van der Waals surface area contributed by atoms with E-state index in [0.717, 1.165) is 29.7 Å². The second-order valence-electron chi connectivity index (χ2n) is 11.3. The molecule has 0 aliphatic heterocycles. The number of pyridine rings is 2. The molecule has 5 heteroatoms. The van der Waals surface area contributed by atoms with Crippen molar-refractivity contribution in [2.75, 3.05) is 6.61 Å². The van der Waals surface area contributed by atoms with Crippen molar-refractivity contribution in [1.82, 2.24) is 0 Å². The number of aliphatic hydroxyl groups is 1. The Balaban J connectivity index is 0.00000760. The van der Waals surface area contributed by atoms with E-state index >= 15 is 0 Å². The van der Waals surface area contributed by atoms with E-state index in [0.29, 0.717) is 6.61 Å². The highest BCUT2D eigenvalue weighted by atomic mass is 127. The minimum atomic E-state index is 0. The van der Waals surface area contributed by atoms with Gasteiger partial charge in [-0.3, -0.25) is 0 Å². The van der Waals surface area contributed by atoms with Crippen LogP contribution >= 0.6 is 0 Å². The Hall–Kier alpha value is -1.21. The Bertz CT molecular complexity index is 817. The van der Waals surface area contributed by atoms with Gasteiger partial charge in [-0.1, -0.05) is 96.3 Å². The van der Waals surface area contributed by atoms with E-state index in [1.54, 1.807) is 12.4 Å². The number of halogens is 1. The smallest absolute Gasteiger partial charge is 0.183 e. The largest absolute Gasteiger partial charge is 1.00 e. The molecule has 1 N–H and O–H groups in total. The van der Waals surface area contributed by atoms with Gasteiger partial charge in [-0.05, 0) is 50.7 Å². The van der Waals surface area contributed by atoms with Gasteiger partial charge in [0.1, 0.15) is 6.54 Å². The molecule has 0 radical (unpaired) electrons. The van der Waals surface area contributed by atoms with Crippen molar-refractivity contribution >= 4 is 0 Å². The first-order valence-corrected chi connectivity index (χ1v) is 16.0. The van der Waals surface area contributed by atoms with Crippen LogP contribution in [0.4, 0.5) is 0 Å². The Morgan fingerprint density at radius 1 is 0.513 bits per heavy atom. The van der Waals surface area contributed by atoms with Gasteiger partial charge in [0.2, 0.25) is 0 Å². The molecule has 0 saturated carbocycles. The summed E-state index contributed by atoms with van der Waals surface area (Å²) in [5.74, 6) is 0. The number of hydrogen-bond acceptors (Lipinski definition) is 2. The second kappa shape index (κ2) is 25.7. The first kappa shape index (κ1) is 35.8. The fourth-order valence-corrected chi connectivity index (χ4v) is 5.40. The molecule has 0 saturated heterocycles. The van der Waals surface area contributed by atoms with E-state index in [4.69, 9.17) is 5.11 Å². The number of aromatic nitrogens is 2. The number of aryl methyl sites for hydroxylation is 3. The highest BCUT2D eigenvalue weighted by Gasteiger charge is 2.04. The summed E-state index contributed by atoms with van der Waals surface area (Å²) < 4.78 is 3.31. The van der Waals surface area contributed by atoms with Crippen molar-refractivity contribution in [2.24, 2.45) is 0 Å². The number of aliphatic hydroxyl groups excluding tert-OH is 1. The van der Waals surface area contributed by atoms with Crippen molar-refractivity contribution in [1.29, 1.82) is 0 Å². The molecule has 0 unspecified atom stereocenters. The van der Waals surface area contributed by atoms with Gasteiger partial charge in [0, 0.05) is 36.3 Å². The molecule has 39 heavy (non-hydrogen) atoms. The van der Waals surface area contributed by atoms with Crippen LogP contribution in [0.5, 0.6) is 0 Å². The average Bonchev–Trinajstić information content (AvgIpc) is 2.92. The summed E-state index contributed by atoms with van der Waals surface area (Å²) in [6.07, 6.45) is 36.3. The minimum Gasteiger partial charge on any atom is -1.00 e. The van der Waals surface area contributed by atoms with Gasteiger partial charge >= 0.3 is 0 Å². The summed E-state index contributed by atoms with van der Waals surface area (Å²) in [6.45, 7) is 1.51. The lowest BCUT2D eigenvalue weighted by molar-refractivity contribution is -0.697. The predicted molar refractivity (Wildman–Crippen MR) is 159 cm³/mol. The Kier molecular flexibility index (Phi) is 23.6. The van der Waals surface area contributed by atoms with Crippen LogP contribution in [0.15, 0.2) is 49.1 Å². The molecule has 0 aromatic carbocycles. The van der Waals surface area contributed by atoms with Gasteiger partial charge in [0.05, 0.1) is 0 Å². The van der Waals surface area contributed by atoms with Crippen LogP contribution < -0.4 is 33.3 Å². The number of rotatable bonds is 25. The third kappa shape index (κ3) is 20.3. The van der Waals surface area contributed by atoms with Crippen LogP contribution in [0.2, 0.25) is 0 Å². The van der Waals surface area contributed by atoms with E-state index in [9.17, 15) is 5.21 Å². The molecular formula is C34H57IN2O2. The molecule has 2 rings (SSSR count). The number of nitrogens with zero attached hydrogens (tertiary/aromatic N) is 2. The zero-order valence-electron chi connectivity index (χ0n) is 24.7. The summed E-state index contributed by atoms with van der Waals surface area (Å²) in [6, 6.07) is 8.42. The van der Waals surface area contributed by atoms with Crippen molar-refractivity contribution in [3.8, 4) is 0 Å². The molecule has 0 aliphatic carbocycles. The summed E-state index contributed by atoms with van der Waals surface area (Å²) in [5, 5.41) is 20.1. The normalized spacial score (nSPS) is 11.0. The molecule has 0 amide bonds. The van der Waals surface area contributed by atoms with Gasteiger partial charge < -0.3 is 34.3 Å². The third-order valence-electron chi connectivity index (χ3n) is 7.76. The lowest BCUT2D eigenvalue weighted by Gasteiger charge is -2.04. The zero-order chi connectivity index (χ0) is 26.9. The molecule has 2 aromatic rings. The molecule has 0 spiro atoms. The fraction of sp³-hybridized carbons (Fsp3) is 0.706. The topological polar surface area (TPSA) is 51.0 Å². The summed E-state index contributed by atoms with van der Waals surface area (Å²) in [5.41, 5.74) is 2.65. The predicted octanol–water partition coefficient (Wildman–Crippen LogP) is 5.19. The lowest BCUT2D eigenvalue weighted by Crippen LogP contribution is -3.00. The highest BCUT2D eigenvalue weighted by Crippen LogP contribution is 2.13. The van der Waals surface area contributed by atoms with Crippen LogP contribution in [-0.4, -0.2) is 11.7 Å². The van der Waals surface area contributed by atoms with Gasteiger partial charge in [0.25, 0.3) is 0 Å². The van der Waals surface area contributed by atoms with Crippen LogP contribution in [0, 0.1) is 5.21 Å². The first-order valence-electron chi connectivity index (χ1n) is 16.0. The SMILES string of the molecule is [I-].[O-][n+]1cccc(CCCCCCCCCCCC[n+]2cccc(CCCCCCCCCCCCO)c2)c1. The van der Waals surface area contributed by atoms with Crippen LogP contribution in [0.1, 0.15) is 140 Å². The standard InChI is InChI=1S/C34H57N2O2.HI/c37-30-20-16-12-8-4-2-6-9-13-17-23-33-25-21-28-35(31-33)27-19-15-11-7-3-1-5-10-14-18-24-34-26-22-29-36(38)32-34;/h21-22,25-26,28-29,31-32,37H,1-20,23-24,27,30H2;1H/q+1;/p-1.